The van der Waals surface area contributed by atoms with Crippen LogP contribution in [-0.4, -0.2) is 28.5 Å². The molecule has 2 aromatic rings. The van der Waals surface area contributed by atoms with Crippen LogP contribution in [0, 0.1) is 5.82 Å². The summed E-state index contributed by atoms with van der Waals surface area (Å²) < 4.78 is 19.1. The zero-order valence-electron chi connectivity index (χ0n) is 12.7. The average molecular weight is 384 g/mol. The summed E-state index contributed by atoms with van der Waals surface area (Å²) in [4.78, 5) is 24.3. The van der Waals surface area contributed by atoms with Crippen LogP contribution in [0.3, 0.4) is 0 Å². The minimum Gasteiger partial charge on any atom is -0.465 e. The molecule has 25 heavy (non-hydrogen) atoms. The van der Waals surface area contributed by atoms with Crippen molar-refractivity contribution < 1.29 is 13.9 Å². The van der Waals surface area contributed by atoms with Gasteiger partial charge in [0.2, 0.25) is 0 Å². The monoisotopic (exact) mass is 383 g/mol. The number of amides is 1. The summed E-state index contributed by atoms with van der Waals surface area (Å²) in [7, 11) is 0. The van der Waals surface area contributed by atoms with E-state index in [-0.39, 0.29) is 28.3 Å². The second-order valence-corrected chi connectivity index (χ2v) is 5.97. The highest BCUT2D eigenvalue weighted by molar-refractivity contribution is 6.36. The van der Waals surface area contributed by atoms with E-state index in [9.17, 15) is 9.18 Å². The Morgan fingerprint density at radius 2 is 2.20 bits per heavy atom. The molecule has 130 valence electrons. The number of aliphatic imine (C=N–C) groups is 1. The molecular weight excluding hydrogens is 372 g/mol. The number of ether oxygens (including phenoxy) is 1. The second-order valence-electron chi connectivity index (χ2n) is 5.12. The smallest absolute Gasteiger partial charge is 0.282 e. The van der Waals surface area contributed by atoms with Crippen molar-refractivity contribution in [3.8, 4) is 0 Å². The zero-order valence-corrected chi connectivity index (χ0v) is 14.2. The number of anilines is 1. The molecule has 1 amide bonds. The summed E-state index contributed by atoms with van der Waals surface area (Å²) >= 11 is 11.7. The standard InChI is InChI=1S/C15H12Cl2FN5O2/c16-7-5-8(17)12(20-6-7)14(24)23-11-2-1-9(18)13(22-11)10-3-4-25-15(19)21-10/h1-2,5-6,10H,3-4H2,(H2,19,21)(H,22,23,24). The lowest BCUT2D eigenvalue weighted by atomic mass is 10.1. The number of nitrogens with zero attached hydrogens (tertiary/aromatic N) is 3. The first kappa shape index (κ1) is 17.4. The fourth-order valence-electron chi connectivity index (χ4n) is 2.25. The number of pyridine rings is 2. The number of rotatable bonds is 3. The molecule has 3 N–H and O–H groups in total. The van der Waals surface area contributed by atoms with Crippen molar-refractivity contribution in [3.63, 3.8) is 0 Å². The maximum Gasteiger partial charge on any atom is 0.282 e. The Morgan fingerprint density at radius 1 is 1.40 bits per heavy atom. The molecule has 7 nitrogen and oxygen atoms in total. The molecule has 0 aromatic carbocycles. The van der Waals surface area contributed by atoms with Crippen molar-refractivity contribution >= 4 is 40.9 Å². The molecule has 0 bridgehead atoms. The van der Waals surface area contributed by atoms with Crippen LogP contribution in [0.4, 0.5) is 10.2 Å². The third-order valence-corrected chi connectivity index (χ3v) is 3.87. The van der Waals surface area contributed by atoms with Crippen molar-refractivity contribution in [2.24, 2.45) is 10.7 Å². The number of nitrogens with one attached hydrogen (secondary N) is 1. The number of hydrogen-bond donors (Lipinski definition) is 2. The van der Waals surface area contributed by atoms with Gasteiger partial charge in [-0.05, 0) is 18.2 Å². The quantitative estimate of drug-likeness (QED) is 0.847. The Hall–Kier alpha value is -2.45. The maximum atomic E-state index is 14.1. The number of amidine groups is 1. The molecule has 0 aliphatic carbocycles. The van der Waals surface area contributed by atoms with E-state index in [1.807, 2.05) is 0 Å². The minimum atomic E-state index is -0.596. The van der Waals surface area contributed by atoms with E-state index in [4.69, 9.17) is 33.7 Å². The lowest BCUT2D eigenvalue weighted by Gasteiger charge is -2.19. The summed E-state index contributed by atoms with van der Waals surface area (Å²) in [5.41, 5.74) is 5.56. The molecule has 0 spiro atoms. The lowest BCUT2D eigenvalue weighted by molar-refractivity contribution is 0.102. The summed E-state index contributed by atoms with van der Waals surface area (Å²) in [6, 6.07) is 3.31. The number of aromatic nitrogens is 2. The van der Waals surface area contributed by atoms with E-state index in [0.717, 1.165) is 0 Å². The molecule has 1 aliphatic rings. The summed E-state index contributed by atoms with van der Waals surface area (Å²) in [6.07, 6.45) is 1.72. The van der Waals surface area contributed by atoms with Crippen molar-refractivity contribution in [2.45, 2.75) is 12.5 Å². The highest BCUT2D eigenvalue weighted by Crippen LogP contribution is 2.26. The Bertz CT molecular complexity index is 862. The van der Waals surface area contributed by atoms with Gasteiger partial charge in [0, 0.05) is 12.6 Å². The van der Waals surface area contributed by atoms with Crippen LogP contribution < -0.4 is 11.1 Å². The number of nitrogens with two attached hydrogens (primary N) is 1. The second kappa shape index (κ2) is 7.20. The molecule has 3 rings (SSSR count). The average Bonchev–Trinajstić information content (AvgIpc) is 2.56. The Morgan fingerprint density at radius 3 is 2.92 bits per heavy atom. The van der Waals surface area contributed by atoms with Gasteiger partial charge in [-0.3, -0.25) is 4.79 Å². The highest BCUT2D eigenvalue weighted by atomic mass is 35.5. The van der Waals surface area contributed by atoms with E-state index in [2.05, 4.69) is 20.3 Å². The Kier molecular flexibility index (Phi) is 5.00. The molecule has 3 heterocycles. The van der Waals surface area contributed by atoms with Gasteiger partial charge in [0.05, 0.1) is 16.7 Å². The van der Waals surface area contributed by atoms with Crippen LogP contribution in [0.5, 0.6) is 0 Å². The minimum absolute atomic E-state index is 0.0212. The van der Waals surface area contributed by atoms with E-state index in [0.29, 0.717) is 18.1 Å². The van der Waals surface area contributed by atoms with Gasteiger partial charge in [-0.15, -0.1) is 0 Å². The zero-order chi connectivity index (χ0) is 18.0. The topological polar surface area (TPSA) is 102 Å². The molecular formula is C15H12Cl2FN5O2. The summed E-state index contributed by atoms with van der Waals surface area (Å²) in [5, 5.41) is 2.91. The van der Waals surface area contributed by atoms with Crippen LogP contribution in [0.2, 0.25) is 10.0 Å². The van der Waals surface area contributed by atoms with Crippen molar-refractivity contribution in [2.75, 3.05) is 11.9 Å². The van der Waals surface area contributed by atoms with E-state index >= 15 is 0 Å². The number of carbonyl (C=O) groups is 1. The van der Waals surface area contributed by atoms with Crippen LogP contribution in [-0.2, 0) is 4.74 Å². The first-order valence-corrected chi connectivity index (χ1v) is 7.94. The maximum absolute atomic E-state index is 14.1. The van der Waals surface area contributed by atoms with Gasteiger partial charge < -0.3 is 15.8 Å². The van der Waals surface area contributed by atoms with Gasteiger partial charge in [-0.1, -0.05) is 23.2 Å². The fraction of sp³-hybridized carbons (Fsp3) is 0.200. The first-order valence-electron chi connectivity index (χ1n) is 7.19. The highest BCUT2D eigenvalue weighted by Gasteiger charge is 2.22. The first-order chi connectivity index (χ1) is 11.9. The molecule has 1 atom stereocenters. The van der Waals surface area contributed by atoms with Crippen LogP contribution >= 0.6 is 23.2 Å². The third-order valence-electron chi connectivity index (χ3n) is 3.38. The molecule has 0 fully saturated rings. The van der Waals surface area contributed by atoms with Gasteiger partial charge in [0.15, 0.2) is 0 Å². The normalized spacial score (nSPS) is 16.8. The third kappa shape index (κ3) is 3.97. The molecule has 1 unspecified atom stereocenters. The van der Waals surface area contributed by atoms with Crippen LogP contribution in [0.15, 0.2) is 29.4 Å². The van der Waals surface area contributed by atoms with Crippen LogP contribution in [0.25, 0.3) is 0 Å². The largest absolute Gasteiger partial charge is 0.465 e. The lowest BCUT2D eigenvalue weighted by Crippen LogP contribution is -2.24. The van der Waals surface area contributed by atoms with Gasteiger partial charge in [-0.25, -0.2) is 19.4 Å². The Labute approximate surface area is 152 Å². The van der Waals surface area contributed by atoms with Crippen molar-refractivity contribution in [1.29, 1.82) is 0 Å². The fourth-order valence-corrected chi connectivity index (χ4v) is 2.71. The molecule has 0 saturated heterocycles. The SMILES string of the molecule is NC1=NC(c2nc(NC(=O)c3ncc(Cl)cc3Cl)ccc2F)CCO1. The van der Waals surface area contributed by atoms with E-state index in [1.54, 1.807) is 0 Å². The number of carbonyl (C=O) groups excluding carboxylic acids is 1. The van der Waals surface area contributed by atoms with Crippen molar-refractivity contribution in [3.05, 3.63) is 51.6 Å². The number of halogens is 3. The Balaban J connectivity index is 1.85. The molecule has 2 aromatic heterocycles. The van der Waals surface area contributed by atoms with Gasteiger partial charge in [0.25, 0.3) is 11.9 Å². The molecule has 0 saturated carbocycles. The van der Waals surface area contributed by atoms with Gasteiger partial charge in [-0.2, -0.15) is 0 Å². The predicted molar refractivity (Wildman–Crippen MR) is 91.3 cm³/mol. The summed E-state index contributed by atoms with van der Waals surface area (Å²) in [5.74, 6) is -1.01. The summed E-state index contributed by atoms with van der Waals surface area (Å²) in [6.45, 7) is 0.308. The molecule has 1 aliphatic heterocycles. The van der Waals surface area contributed by atoms with Gasteiger partial charge in [0.1, 0.15) is 29.1 Å². The van der Waals surface area contributed by atoms with Crippen LogP contribution in [0.1, 0.15) is 28.6 Å². The number of hydrogen-bond acceptors (Lipinski definition) is 6. The van der Waals surface area contributed by atoms with E-state index in [1.165, 1.54) is 24.4 Å². The van der Waals surface area contributed by atoms with E-state index < -0.39 is 17.8 Å². The van der Waals surface area contributed by atoms with Crippen molar-refractivity contribution in [1.82, 2.24) is 9.97 Å². The van der Waals surface area contributed by atoms with Gasteiger partial charge >= 0.3 is 0 Å². The molecule has 0 radical (unpaired) electrons. The predicted octanol–water partition coefficient (Wildman–Crippen LogP) is 2.95. The molecule has 10 heteroatoms.